The van der Waals surface area contributed by atoms with Crippen LogP contribution in [-0.2, 0) is 14.4 Å². The average Bonchev–Trinajstić information content (AvgIpc) is 2.43. The fourth-order valence-electron chi connectivity index (χ4n) is 1.81. The molecule has 1 saturated heterocycles. The van der Waals surface area contributed by atoms with Gasteiger partial charge in [-0.3, -0.25) is 24.5 Å². The van der Waals surface area contributed by atoms with Gasteiger partial charge >= 0.3 is 0 Å². The molecule has 0 bridgehead atoms. The molecule has 21 heavy (non-hydrogen) atoms. The number of nitrogens with one attached hydrogen (secondary N) is 2. The van der Waals surface area contributed by atoms with E-state index in [9.17, 15) is 23.6 Å². The average molecular weight is 293 g/mol. The summed E-state index contributed by atoms with van der Waals surface area (Å²) in [7, 11) is 0. The van der Waals surface area contributed by atoms with Crippen molar-refractivity contribution in [3.63, 3.8) is 0 Å². The van der Waals surface area contributed by atoms with Crippen LogP contribution < -0.4 is 10.6 Å². The number of nitrogens with zero attached hydrogens (tertiary/aromatic N) is 1. The molecule has 2 rings (SSSR count). The minimum Gasteiger partial charge on any atom is -0.343 e. The van der Waals surface area contributed by atoms with Crippen LogP contribution in [0.3, 0.4) is 0 Å². The summed E-state index contributed by atoms with van der Waals surface area (Å²) in [5.41, 5.74) is 0.0789. The van der Waals surface area contributed by atoms with Gasteiger partial charge < -0.3 is 10.2 Å². The summed E-state index contributed by atoms with van der Waals surface area (Å²) in [4.78, 5) is 46.8. The van der Waals surface area contributed by atoms with Crippen LogP contribution in [0.25, 0.3) is 0 Å². The van der Waals surface area contributed by atoms with E-state index in [-0.39, 0.29) is 25.2 Å². The first-order valence-corrected chi connectivity index (χ1v) is 6.10. The highest BCUT2D eigenvalue weighted by Crippen LogP contribution is 2.03. The Labute approximate surface area is 119 Å². The van der Waals surface area contributed by atoms with Crippen molar-refractivity contribution in [1.82, 2.24) is 15.5 Å². The minimum absolute atomic E-state index is 0.0789. The van der Waals surface area contributed by atoms with E-state index in [4.69, 9.17) is 0 Å². The fraction of sp³-hybridized carbons (Fsp3) is 0.231. The Morgan fingerprint density at radius 3 is 2.52 bits per heavy atom. The Balaban J connectivity index is 1.90. The number of carbonyl (C=O) groups excluding carboxylic acids is 4. The molecule has 1 aliphatic rings. The van der Waals surface area contributed by atoms with Gasteiger partial charge in [0.25, 0.3) is 5.91 Å². The first kappa shape index (κ1) is 14.6. The molecular weight excluding hydrogens is 281 g/mol. The summed E-state index contributed by atoms with van der Waals surface area (Å²) < 4.78 is 13.0. The topological polar surface area (TPSA) is 95.6 Å². The molecular formula is C13H12FN3O4. The molecule has 4 amide bonds. The van der Waals surface area contributed by atoms with E-state index in [0.29, 0.717) is 0 Å². The lowest BCUT2D eigenvalue weighted by molar-refractivity contribution is -0.144. The van der Waals surface area contributed by atoms with Crippen LogP contribution in [0.5, 0.6) is 0 Å². The summed E-state index contributed by atoms with van der Waals surface area (Å²) in [6.07, 6.45) is 0. The molecule has 1 aromatic rings. The lowest BCUT2D eigenvalue weighted by atomic mass is 10.2. The third-order valence-corrected chi connectivity index (χ3v) is 2.79. The number of piperazine rings is 1. The van der Waals surface area contributed by atoms with Crippen LogP contribution in [0, 0.1) is 5.82 Å². The number of amides is 4. The molecule has 0 spiro atoms. The van der Waals surface area contributed by atoms with Crippen molar-refractivity contribution < 1.29 is 23.6 Å². The lowest BCUT2D eigenvalue weighted by Gasteiger charge is -2.25. The molecule has 0 atom stereocenters. The first-order chi connectivity index (χ1) is 9.95. The van der Waals surface area contributed by atoms with E-state index in [1.165, 1.54) is 18.2 Å². The number of hydrogen-bond acceptors (Lipinski definition) is 4. The van der Waals surface area contributed by atoms with Crippen molar-refractivity contribution in [3.8, 4) is 0 Å². The monoisotopic (exact) mass is 293 g/mol. The molecule has 0 aromatic heterocycles. The third-order valence-electron chi connectivity index (χ3n) is 2.79. The molecule has 0 saturated carbocycles. The third kappa shape index (κ3) is 3.85. The van der Waals surface area contributed by atoms with Crippen LogP contribution in [0.4, 0.5) is 4.39 Å². The van der Waals surface area contributed by atoms with Crippen LogP contribution in [0.2, 0.25) is 0 Å². The minimum atomic E-state index is -0.615. The van der Waals surface area contributed by atoms with Crippen molar-refractivity contribution in [1.29, 1.82) is 0 Å². The van der Waals surface area contributed by atoms with Gasteiger partial charge in [0.15, 0.2) is 0 Å². The number of carbonyl (C=O) groups is 4. The summed E-state index contributed by atoms with van der Waals surface area (Å²) in [5, 5.41) is 4.37. The molecule has 7 nitrogen and oxygen atoms in total. The molecule has 0 aliphatic carbocycles. The van der Waals surface area contributed by atoms with Gasteiger partial charge in [-0.15, -0.1) is 0 Å². The molecule has 1 aliphatic heterocycles. The van der Waals surface area contributed by atoms with Gasteiger partial charge in [-0.1, -0.05) is 6.07 Å². The van der Waals surface area contributed by atoms with Gasteiger partial charge in [-0.2, -0.15) is 0 Å². The maximum atomic E-state index is 13.0. The summed E-state index contributed by atoms with van der Waals surface area (Å²) in [5.74, 6) is -2.89. The van der Waals surface area contributed by atoms with Crippen molar-refractivity contribution in [2.45, 2.75) is 0 Å². The van der Waals surface area contributed by atoms with Crippen molar-refractivity contribution in [2.24, 2.45) is 0 Å². The Morgan fingerprint density at radius 1 is 1.24 bits per heavy atom. The van der Waals surface area contributed by atoms with E-state index in [1.54, 1.807) is 0 Å². The van der Waals surface area contributed by atoms with Gasteiger partial charge in [0.05, 0.1) is 6.54 Å². The molecule has 1 fully saturated rings. The number of imide groups is 1. The maximum Gasteiger partial charge on any atom is 0.251 e. The summed E-state index contributed by atoms with van der Waals surface area (Å²) >= 11 is 0. The molecule has 8 heteroatoms. The van der Waals surface area contributed by atoms with E-state index in [2.05, 4.69) is 10.6 Å². The maximum absolute atomic E-state index is 13.0. The smallest absolute Gasteiger partial charge is 0.251 e. The van der Waals surface area contributed by atoms with Crippen molar-refractivity contribution in [2.75, 3.05) is 19.6 Å². The lowest BCUT2D eigenvalue weighted by Crippen LogP contribution is -2.55. The van der Waals surface area contributed by atoms with Crippen LogP contribution >= 0.6 is 0 Å². The Morgan fingerprint density at radius 2 is 1.90 bits per heavy atom. The van der Waals surface area contributed by atoms with Gasteiger partial charge in [0.1, 0.15) is 18.9 Å². The molecule has 1 aromatic carbocycles. The van der Waals surface area contributed by atoms with Gasteiger partial charge in [-0.25, -0.2) is 4.39 Å². The van der Waals surface area contributed by atoms with E-state index in [1.807, 2.05) is 0 Å². The van der Waals surface area contributed by atoms with E-state index in [0.717, 1.165) is 11.0 Å². The molecule has 0 unspecified atom stereocenters. The number of halogens is 1. The Kier molecular flexibility index (Phi) is 4.27. The predicted octanol–water partition coefficient (Wildman–Crippen LogP) is -0.959. The predicted molar refractivity (Wildman–Crippen MR) is 68.5 cm³/mol. The van der Waals surface area contributed by atoms with Crippen LogP contribution in [0.1, 0.15) is 10.4 Å². The van der Waals surface area contributed by atoms with Crippen LogP contribution in [0.15, 0.2) is 24.3 Å². The molecule has 110 valence electrons. The standard InChI is InChI=1S/C13H12FN3O4/c14-9-3-1-2-8(4-9)13(21)15-5-12(20)17-6-10(18)16-11(19)7-17/h1-4H,5-7H2,(H,15,21)(H,16,18,19). The number of hydrogen-bond donors (Lipinski definition) is 2. The zero-order valence-corrected chi connectivity index (χ0v) is 10.9. The van der Waals surface area contributed by atoms with Gasteiger partial charge in [0, 0.05) is 5.56 Å². The normalized spacial score (nSPS) is 14.6. The first-order valence-electron chi connectivity index (χ1n) is 6.10. The fourth-order valence-corrected chi connectivity index (χ4v) is 1.81. The SMILES string of the molecule is O=C1CN(C(=O)CNC(=O)c2cccc(F)c2)CC(=O)N1. The second-order valence-corrected chi connectivity index (χ2v) is 4.41. The number of benzene rings is 1. The summed E-state index contributed by atoms with van der Waals surface area (Å²) in [6, 6.07) is 5.01. The highest BCUT2D eigenvalue weighted by molar-refractivity contribution is 6.03. The highest BCUT2D eigenvalue weighted by Gasteiger charge is 2.26. The quantitative estimate of drug-likeness (QED) is 0.702. The van der Waals surface area contributed by atoms with Crippen molar-refractivity contribution in [3.05, 3.63) is 35.6 Å². The highest BCUT2D eigenvalue weighted by atomic mass is 19.1. The zero-order valence-electron chi connectivity index (χ0n) is 10.9. The zero-order chi connectivity index (χ0) is 15.4. The largest absolute Gasteiger partial charge is 0.343 e. The molecule has 2 N–H and O–H groups in total. The van der Waals surface area contributed by atoms with Crippen molar-refractivity contribution >= 4 is 23.6 Å². The molecule has 1 heterocycles. The Bertz CT molecular complexity index is 601. The van der Waals surface area contributed by atoms with E-state index >= 15 is 0 Å². The summed E-state index contributed by atoms with van der Waals surface area (Å²) in [6.45, 7) is -0.850. The number of rotatable bonds is 3. The second kappa shape index (κ2) is 6.12. The Hall–Kier alpha value is -2.77. The second-order valence-electron chi connectivity index (χ2n) is 4.41. The van der Waals surface area contributed by atoms with Gasteiger partial charge in [-0.05, 0) is 18.2 Å². The van der Waals surface area contributed by atoms with E-state index < -0.39 is 29.4 Å². The van der Waals surface area contributed by atoms with Gasteiger partial charge in [0.2, 0.25) is 17.7 Å². The van der Waals surface area contributed by atoms with Crippen LogP contribution in [-0.4, -0.2) is 48.2 Å². The molecule has 0 radical (unpaired) electrons.